The zero-order chi connectivity index (χ0) is 11.8. The maximum absolute atomic E-state index is 9.13. The molecule has 0 aliphatic heterocycles. The highest BCUT2D eigenvalue weighted by atomic mass is 16.5. The number of aromatic hydroxyl groups is 1. The zero-order valence-electron chi connectivity index (χ0n) is 9.81. The largest absolute Gasteiger partial charge is 0.508 e. The molecule has 0 radical (unpaired) electrons. The Balaban J connectivity index is 0.000000221. The normalized spacial score (nSPS) is 9.62. The van der Waals surface area contributed by atoms with Crippen LogP contribution < -0.4 is 0 Å². The fraction of sp³-hybridized carbons (Fsp3) is 0.286. The highest BCUT2D eigenvalue weighted by Gasteiger charge is 1.91. The number of hydrogen-bond donors (Lipinski definition) is 1. The van der Waals surface area contributed by atoms with E-state index in [0.717, 1.165) is 24.0 Å². The van der Waals surface area contributed by atoms with Crippen molar-refractivity contribution in [3.63, 3.8) is 0 Å². The van der Waals surface area contributed by atoms with Gasteiger partial charge in [0.25, 0.3) is 0 Å². The molecule has 2 nitrogen and oxygen atoms in total. The van der Waals surface area contributed by atoms with E-state index in [4.69, 9.17) is 9.84 Å². The summed E-state index contributed by atoms with van der Waals surface area (Å²) in [5, 5.41) is 11.4. The van der Waals surface area contributed by atoms with E-state index in [0.29, 0.717) is 5.75 Å². The first-order valence-electron chi connectivity index (χ1n) is 5.53. The molecule has 0 heterocycles. The van der Waals surface area contributed by atoms with Gasteiger partial charge in [0.2, 0.25) is 0 Å². The summed E-state index contributed by atoms with van der Waals surface area (Å²) in [6.45, 7) is 5.67. The van der Waals surface area contributed by atoms with Gasteiger partial charge in [-0.1, -0.05) is 30.3 Å². The van der Waals surface area contributed by atoms with E-state index in [-0.39, 0.29) is 0 Å². The van der Waals surface area contributed by atoms with Crippen LogP contribution in [0.1, 0.15) is 13.8 Å². The van der Waals surface area contributed by atoms with E-state index in [2.05, 4.69) is 0 Å². The highest BCUT2D eigenvalue weighted by molar-refractivity contribution is 5.83. The molecule has 0 bridgehead atoms. The average Bonchev–Trinajstić information content (AvgIpc) is 2.31. The molecule has 1 N–H and O–H groups in total. The molecule has 2 rings (SSSR count). The summed E-state index contributed by atoms with van der Waals surface area (Å²) >= 11 is 0. The average molecular weight is 218 g/mol. The molecule has 0 amide bonds. The van der Waals surface area contributed by atoms with Crippen molar-refractivity contribution in [3.05, 3.63) is 42.5 Å². The van der Waals surface area contributed by atoms with E-state index in [1.807, 2.05) is 44.2 Å². The first kappa shape index (κ1) is 12.5. The maximum atomic E-state index is 9.13. The Morgan fingerprint density at radius 1 is 0.938 bits per heavy atom. The smallest absolute Gasteiger partial charge is 0.116 e. The molecule has 0 atom stereocenters. The second-order valence-electron chi connectivity index (χ2n) is 3.31. The predicted molar refractivity (Wildman–Crippen MR) is 67.8 cm³/mol. The maximum Gasteiger partial charge on any atom is 0.116 e. The molecule has 0 unspecified atom stereocenters. The lowest BCUT2D eigenvalue weighted by atomic mass is 10.1. The molecular weight excluding hydrogens is 200 g/mol. The molecule has 0 aliphatic carbocycles. The minimum atomic E-state index is 0.323. The van der Waals surface area contributed by atoms with Gasteiger partial charge in [-0.15, -0.1) is 0 Å². The van der Waals surface area contributed by atoms with Crippen LogP contribution in [0, 0.1) is 0 Å². The van der Waals surface area contributed by atoms with Crippen LogP contribution in [-0.2, 0) is 4.74 Å². The molecule has 0 spiro atoms. The summed E-state index contributed by atoms with van der Waals surface area (Å²) < 4.78 is 4.83. The summed E-state index contributed by atoms with van der Waals surface area (Å²) in [7, 11) is 0. The fourth-order valence-corrected chi connectivity index (χ4v) is 1.38. The van der Waals surface area contributed by atoms with E-state index in [1.54, 1.807) is 12.1 Å². The Labute approximate surface area is 96.5 Å². The van der Waals surface area contributed by atoms with Crippen molar-refractivity contribution in [2.24, 2.45) is 0 Å². The van der Waals surface area contributed by atoms with Crippen molar-refractivity contribution in [3.8, 4) is 5.75 Å². The topological polar surface area (TPSA) is 29.5 Å². The van der Waals surface area contributed by atoms with Gasteiger partial charge in [0.1, 0.15) is 5.75 Å². The van der Waals surface area contributed by atoms with Gasteiger partial charge >= 0.3 is 0 Å². The minimum Gasteiger partial charge on any atom is -0.508 e. The molecule has 0 aromatic heterocycles. The third-order valence-corrected chi connectivity index (χ3v) is 2.14. The molecule has 2 heteroatoms. The highest BCUT2D eigenvalue weighted by Crippen LogP contribution is 2.18. The van der Waals surface area contributed by atoms with Crippen molar-refractivity contribution in [2.45, 2.75) is 13.8 Å². The summed E-state index contributed by atoms with van der Waals surface area (Å²) in [5.41, 5.74) is 0. The SMILES string of the molecule is CCOCC.Oc1ccc2ccccc2c1. The van der Waals surface area contributed by atoms with Crippen LogP contribution in [-0.4, -0.2) is 18.3 Å². The fourth-order valence-electron chi connectivity index (χ4n) is 1.38. The number of fused-ring (bicyclic) bond motifs is 1. The van der Waals surface area contributed by atoms with E-state index in [9.17, 15) is 0 Å². The lowest BCUT2D eigenvalue weighted by Gasteiger charge is -1.96. The van der Waals surface area contributed by atoms with Crippen molar-refractivity contribution in [2.75, 3.05) is 13.2 Å². The molecule has 86 valence electrons. The van der Waals surface area contributed by atoms with Crippen molar-refractivity contribution < 1.29 is 9.84 Å². The van der Waals surface area contributed by atoms with Gasteiger partial charge in [-0.3, -0.25) is 0 Å². The Hall–Kier alpha value is -1.54. The number of hydrogen-bond acceptors (Lipinski definition) is 2. The van der Waals surface area contributed by atoms with Crippen LogP contribution in [0.4, 0.5) is 0 Å². The Kier molecular flexibility index (Phi) is 5.37. The number of benzene rings is 2. The van der Waals surface area contributed by atoms with Gasteiger partial charge in [-0.2, -0.15) is 0 Å². The summed E-state index contributed by atoms with van der Waals surface area (Å²) in [5.74, 6) is 0.323. The third kappa shape index (κ3) is 3.91. The predicted octanol–water partition coefficient (Wildman–Crippen LogP) is 3.59. The summed E-state index contributed by atoms with van der Waals surface area (Å²) in [6.07, 6.45) is 0. The number of phenols is 1. The van der Waals surface area contributed by atoms with Gasteiger partial charge in [-0.05, 0) is 36.8 Å². The standard InChI is InChI=1S/C10H8O.C4H10O/c11-10-6-5-8-3-1-2-4-9(8)7-10;1-3-5-4-2/h1-7,11H;3-4H2,1-2H3. The Bertz CT molecular complexity index is 422. The molecule has 2 aromatic rings. The van der Waals surface area contributed by atoms with Gasteiger partial charge < -0.3 is 9.84 Å². The van der Waals surface area contributed by atoms with Crippen LogP contribution >= 0.6 is 0 Å². The summed E-state index contributed by atoms with van der Waals surface area (Å²) in [4.78, 5) is 0. The first-order valence-corrected chi connectivity index (χ1v) is 5.53. The monoisotopic (exact) mass is 218 g/mol. The minimum absolute atomic E-state index is 0.323. The van der Waals surface area contributed by atoms with E-state index >= 15 is 0 Å². The van der Waals surface area contributed by atoms with Gasteiger partial charge in [0.15, 0.2) is 0 Å². The second-order valence-corrected chi connectivity index (χ2v) is 3.31. The zero-order valence-corrected chi connectivity index (χ0v) is 9.81. The number of ether oxygens (including phenoxy) is 1. The van der Waals surface area contributed by atoms with Crippen LogP contribution in [0.2, 0.25) is 0 Å². The van der Waals surface area contributed by atoms with E-state index in [1.165, 1.54) is 0 Å². The van der Waals surface area contributed by atoms with Gasteiger partial charge in [0, 0.05) is 13.2 Å². The van der Waals surface area contributed by atoms with Crippen LogP contribution in [0.5, 0.6) is 5.75 Å². The Morgan fingerprint density at radius 2 is 1.56 bits per heavy atom. The Morgan fingerprint density at radius 3 is 2.12 bits per heavy atom. The lowest BCUT2D eigenvalue weighted by molar-refractivity contribution is 0.162. The van der Waals surface area contributed by atoms with Crippen LogP contribution in [0.25, 0.3) is 10.8 Å². The molecular formula is C14H18O2. The van der Waals surface area contributed by atoms with E-state index < -0.39 is 0 Å². The van der Waals surface area contributed by atoms with Crippen LogP contribution in [0.15, 0.2) is 42.5 Å². The molecule has 0 saturated carbocycles. The molecule has 0 aliphatic rings. The third-order valence-electron chi connectivity index (χ3n) is 2.14. The molecule has 0 saturated heterocycles. The van der Waals surface area contributed by atoms with Gasteiger partial charge in [-0.25, -0.2) is 0 Å². The van der Waals surface area contributed by atoms with Crippen molar-refractivity contribution in [1.29, 1.82) is 0 Å². The van der Waals surface area contributed by atoms with Crippen LogP contribution in [0.3, 0.4) is 0 Å². The van der Waals surface area contributed by atoms with Crippen molar-refractivity contribution >= 4 is 10.8 Å². The van der Waals surface area contributed by atoms with Crippen molar-refractivity contribution in [1.82, 2.24) is 0 Å². The second kappa shape index (κ2) is 6.85. The number of phenolic OH excluding ortho intramolecular Hbond substituents is 1. The summed E-state index contributed by atoms with van der Waals surface area (Å²) in [6, 6.07) is 13.3. The quantitative estimate of drug-likeness (QED) is 0.834. The lowest BCUT2D eigenvalue weighted by Crippen LogP contribution is -1.84. The molecule has 0 fully saturated rings. The molecule has 16 heavy (non-hydrogen) atoms. The number of rotatable bonds is 2. The first-order chi connectivity index (χ1) is 7.77. The van der Waals surface area contributed by atoms with Gasteiger partial charge in [0.05, 0.1) is 0 Å². The molecule has 2 aromatic carbocycles.